The smallest absolute Gasteiger partial charge is 0.236 e. The van der Waals surface area contributed by atoms with Crippen LogP contribution in [-0.4, -0.2) is 35.0 Å². The van der Waals surface area contributed by atoms with Gasteiger partial charge in [0.05, 0.1) is 6.20 Å². The first-order chi connectivity index (χ1) is 15.8. The summed E-state index contributed by atoms with van der Waals surface area (Å²) in [6.07, 6.45) is 2.33. The van der Waals surface area contributed by atoms with Gasteiger partial charge < -0.3 is 5.32 Å². The van der Waals surface area contributed by atoms with E-state index in [1.807, 2.05) is 37.3 Å². The number of nitrogens with one attached hydrogen (secondary N) is 2. The summed E-state index contributed by atoms with van der Waals surface area (Å²) in [5.41, 5.74) is 5.49. The number of aromatic nitrogens is 7. The molecule has 156 valence electrons. The van der Waals surface area contributed by atoms with E-state index in [1.165, 1.54) is 0 Å². The maximum absolute atomic E-state index is 9.41. The number of hydrogen-bond acceptors (Lipinski definition) is 7. The third kappa shape index (κ3) is 3.54. The van der Waals surface area contributed by atoms with Crippen molar-refractivity contribution in [2.75, 3.05) is 5.32 Å². The maximum Gasteiger partial charge on any atom is 0.236 e. The Morgan fingerprint density at radius 2 is 1.91 bits per heavy atom. The molecule has 0 fully saturated rings. The topological polar surface area (TPSA) is 120 Å². The maximum atomic E-state index is 9.41. The van der Waals surface area contributed by atoms with Crippen LogP contribution in [0.25, 0.3) is 28.3 Å². The molecule has 2 aromatic carbocycles. The molecule has 0 unspecified atom stereocenters. The largest absolute Gasteiger partial charge is 0.367 e. The molecule has 5 rings (SSSR count). The van der Waals surface area contributed by atoms with Gasteiger partial charge in [0.25, 0.3) is 0 Å². The number of aromatic amines is 1. The number of aryl methyl sites for hydroxylation is 1. The van der Waals surface area contributed by atoms with Gasteiger partial charge in [0, 0.05) is 23.9 Å². The molecule has 3 heterocycles. The molecule has 0 radical (unpaired) electrons. The van der Waals surface area contributed by atoms with Crippen molar-refractivity contribution in [3.63, 3.8) is 0 Å². The molecule has 0 saturated carbocycles. The number of hydrogen-bond donors (Lipinski definition) is 2. The van der Waals surface area contributed by atoms with Crippen molar-refractivity contribution in [1.29, 1.82) is 5.26 Å². The zero-order chi connectivity index (χ0) is 21.9. The molecule has 0 aliphatic carbocycles. The van der Waals surface area contributed by atoms with E-state index in [4.69, 9.17) is 0 Å². The molecule has 0 aliphatic rings. The van der Waals surface area contributed by atoms with Crippen LogP contribution in [-0.2, 0) is 13.0 Å². The Hall–Kier alpha value is -4.58. The van der Waals surface area contributed by atoms with Gasteiger partial charge in [-0.15, -0.1) is 10.2 Å². The second-order valence-corrected chi connectivity index (χ2v) is 7.21. The highest BCUT2D eigenvalue weighted by molar-refractivity contribution is 5.80. The van der Waals surface area contributed by atoms with E-state index in [9.17, 15) is 5.26 Å². The highest BCUT2D eigenvalue weighted by Gasteiger charge is 2.12. The minimum Gasteiger partial charge on any atom is -0.367 e. The molecule has 3 aromatic heterocycles. The lowest BCUT2D eigenvalue weighted by Crippen LogP contribution is -2.07. The minimum absolute atomic E-state index is 0.450. The first-order valence-corrected chi connectivity index (χ1v) is 10.2. The average Bonchev–Trinajstić information content (AvgIpc) is 3.53. The van der Waals surface area contributed by atoms with Crippen molar-refractivity contribution in [3.8, 4) is 28.6 Å². The second kappa shape index (κ2) is 8.28. The van der Waals surface area contributed by atoms with E-state index in [0.29, 0.717) is 23.8 Å². The first-order valence-electron chi connectivity index (χ1n) is 10.2. The Balaban J connectivity index is 1.41. The zero-order valence-electron chi connectivity index (χ0n) is 17.3. The highest BCUT2D eigenvalue weighted by atomic mass is 15.5. The molecule has 9 nitrogen and oxygen atoms in total. The standard InChI is InChI=1S/C23H19N9/c1-2-17-11-21(32-18(12-24)14-26-23(32)27-17)25-13-15-7-9-16(10-8-15)19-5-3-4-6-20(19)22-28-30-31-29-22/h3-11,14,25H,2,13H2,1H3,(H,28,29,30,31). The van der Waals surface area contributed by atoms with Crippen LogP contribution in [0.5, 0.6) is 0 Å². The number of H-pyrrole nitrogens is 1. The van der Waals surface area contributed by atoms with Crippen molar-refractivity contribution in [2.45, 2.75) is 19.9 Å². The van der Waals surface area contributed by atoms with Gasteiger partial charge in [0.1, 0.15) is 17.6 Å². The minimum atomic E-state index is 0.450. The Morgan fingerprint density at radius 1 is 1.09 bits per heavy atom. The van der Waals surface area contributed by atoms with E-state index < -0.39 is 0 Å². The molecule has 0 atom stereocenters. The fraction of sp³-hybridized carbons (Fsp3) is 0.130. The molecule has 0 bridgehead atoms. The molecular formula is C23H19N9. The van der Waals surface area contributed by atoms with Gasteiger partial charge in [-0.1, -0.05) is 55.5 Å². The van der Waals surface area contributed by atoms with Crippen molar-refractivity contribution in [3.05, 3.63) is 77.7 Å². The molecule has 9 heteroatoms. The summed E-state index contributed by atoms with van der Waals surface area (Å²) < 4.78 is 1.74. The lowest BCUT2D eigenvalue weighted by molar-refractivity contribution is 0.881. The van der Waals surface area contributed by atoms with Gasteiger partial charge in [0.15, 0.2) is 0 Å². The van der Waals surface area contributed by atoms with Crippen LogP contribution in [0.15, 0.2) is 60.8 Å². The molecule has 32 heavy (non-hydrogen) atoms. The zero-order valence-corrected chi connectivity index (χ0v) is 17.3. The van der Waals surface area contributed by atoms with Crippen LogP contribution in [0.3, 0.4) is 0 Å². The van der Waals surface area contributed by atoms with Crippen LogP contribution in [0.2, 0.25) is 0 Å². The van der Waals surface area contributed by atoms with E-state index in [1.54, 1.807) is 10.6 Å². The molecule has 0 saturated heterocycles. The predicted octanol–water partition coefficient (Wildman–Crippen LogP) is 3.62. The number of nitrogens with zero attached hydrogens (tertiary/aromatic N) is 7. The number of imidazole rings is 1. The van der Waals surface area contributed by atoms with Gasteiger partial charge in [0.2, 0.25) is 11.6 Å². The fourth-order valence-corrected chi connectivity index (χ4v) is 3.63. The normalized spacial score (nSPS) is 10.9. The molecule has 0 aliphatic heterocycles. The number of tetrazole rings is 1. The van der Waals surface area contributed by atoms with E-state index in [2.05, 4.69) is 66.2 Å². The average molecular weight is 421 g/mol. The van der Waals surface area contributed by atoms with E-state index >= 15 is 0 Å². The van der Waals surface area contributed by atoms with Crippen LogP contribution in [0.1, 0.15) is 23.9 Å². The van der Waals surface area contributed by atoms with Crippen LogP contribution >= 0.6 is 0 Å². The Bertz CT molecular complexity index is 1410. The number of fused-ring (bicyclic) bond motifs is 1. The lowest BCUT2D eigenvalue weighted by atomic mass is 9.98. The molecule has 5 aromatic rings. The molecular weight excluding hydrogens is 402 g/mol. The summed E-state index contributed by atoms with van der Waals surface area (Å²) in [6, 6.07) is 20.4. The number of nitriles is 1. The molecule has 2 N–H and O–H groups in total. The summed E-state index contributed by atoms with van der Waals surface area (Å²) in [5, 5.41) is 27.2. The third-order valence-electron chi connectivity index (χ3n) is 5.26. The van der Waals surface area contributed by atoms with E-state index in [-0.39, 0.29) is 0 Å². The summed E-state index contributed by atoms with van der Waals surface area (Å²) in [6.45, 7) is 2.64. The monoisotopic (exact) mass is 421 g/mol. The Labute approximate surface area is 183 Å². The summed E-state index contributed by atoms with van der Waals surface area (Å²) in [4.78, 5) is 8.76. The van der Waals surface area contributed by atoms with Crippen molar-refractivity contribution >= 4 is 11.6 Å². The Morgan fingerprint density at radius 3 is 2.62 bits per heavy atom. The van der Waals surface area contributed by atoms with E-state index in [0.717, 1.165) is 40.2 Å². The number of benzene rings is 2. The van der Waals surface area contributed by atoms with Crippen molar-refractivity contribution in [2.24, 2.45) is 0 Å². The van der Waals surface area contributed by atoms with Crippen LogP contribution in [0.4, 0.5) is 5.82 Å². The van der Waals surface area contributed by atoms with Crippen LogP contribution < -0.4 is 5.32 Å². The van der Waals surface area contributed by atoms with Gasteiger partial charge in [-0.2, -0.15) is 10.5 Å². The predicted molar refractivity (Wildman–Crippen MR) is 119 cm³/mol. The van der Waals surface area contributed by atoms with Crippen molar-refractivity contribution in [1.82, 2.24) is 35.0 Å². The molecule has 0 spiro atoms. The fourth-order valence-electron chi connectivity index (χ4n) is 3.63. The second-order valence-electron chi connectivity index (χ2n) is 7.21. The van der Waals surface area contributed by atoms with Gasteiger partial charge in [-0.05, 0) is 28.3 Å². The molecule has 0 amide bonds. The van der Waals surface area contributed by atoms with Crippen LogP contribution in [0, 0.1) is 11.3 Å². The van der Waals surface area contributed by atoms with Crippen molar-refractivity contribution < 1.29 is 0 Å². The number of rotatable bonds is 6. The van der Waals surface area contributed by atoms with Gasteiger partial charge in [-0.3, -0.25) is 4.40 Å². The summed E-state index contributed by atoms with van der Waals surface area (Å²) in [5.74, 6) is 1.89. The number of anilines is 1. The summed E-state index contributed by atoms with van der Waals surface area (Å²) in [7, 11) is 0. The van der Waals surface area contributed by atoms with Gasteiger partial charge in [-0.25, -0.2) is 9.97 Å². The Kier molecular flexibility index (Phi) is 5.01. The summed E-state index contributed by atoms with van der Waals surface area (Å²) >= 11 is 0. The third-order valence-corrected chi connectivity index (χ3v) is 5.26. The van der Waals surface area contributed by atoms with Gasteiger partial charge >= 0.3 is 0 Å². The first kappa shape index (κ1) is 19.4. The highest BCUT2D eigenvalue weighted by Crippen LogP contribution is 2.29. The lowest BCUT2D eigenvalue weighted by Gasteiger charge is -2.12. The quantitative estimate of drug-likeness (QED) is 0.429. The SMILES string of the molecule is CCc1cc(NCc2ccc(-c3ccccc3-c3nn[nH]n3)cc2)n2c(C#N)cnc2n1.